The maximum absolute atomic E-state index is 5.63. The summed E-state index contributed by atoms with van der Waals surface area (Å²) in [7, 11) is 0. The van der Waals surface area contributed by atoms with Crippen molar-refractivity contribution in [1.29, 1.82) is 0 Å². The second kappa shape index (κ2) is 2.89. The molecule has 0 aliphatic rings. The van der Waals surface area contributed by atoms with Gasteiger partial charge < -0.3 is 5.73 Å². The molecule has 68 valence electrons. The van der Waals surface area contributed by atoms with Gasteiger partial charge in [0.05, 0.1) is 12.7 Å². The first kappa shape index (κ1) is 7.78. The molecule has 0 aromatic carbocycles. The second-order valence-corrected chi connectivity index (χ2v) is 2.71. The van der Waals surface area contributed by atoms with Gasteiger partial charge in [-0.1, -0.05) is 10.3 Å². The van der Waals surface area contributed by atoms with Crippen LogP contribution in [-0.4, -0.2) is 20.1 Å². The maximum Gasteiger partial charge on any atom is 0.129 e. The van der Waals surface area contributed by atoms with Gasteiger partial charge in [-0.05, 0) is 13.0 Å². The smallest absolute Gasteiger partial charge is 0.129 e. The van der Waals surface area contributed by atoms with Crippen LogP contribution < -0.4 is 5.73 Å². The van der Waals surface area contributed by atoms with Gasteiger partial charge in [0, 0.05) is 0 Å². The molecule has 0 saturated carbocycles. The van der Waals surface area contributed by atoms with E-state index in [9.17, 15) is 0 Å². The molecule has 0 amide bonds. The lowest BCUT2D eigenvalue weighted by Gasteiger charge is -1.99. The van der Waals surface area contributed by atoms with Crippen molar-refractivity contribution in [3.8, 4) is 0 Å². The SMILES string of the molecule is Cc1nonc1Cn1nccc1N. The fourth-order valence-corrected chi connectivity index (χ4v) is 1.01. The molecule has 0 aliphatic heterocycles. The zero-order valence-electron chi connectivity index (χ0n) is 7.14. The molecule has 0 bridgehead atoms. The monoisotopic (exact) mass is 179 g/mol. The van der Waals surface area contributed by atoms with E-state index in [1.54, 1.807) is 16.9 Å². The molecule has 0 saturated heterocycles. The van der Waals surface area contributed by atoms with Crippen LogP contribution >= 0.6 is 0 Å². The van der Waals surface area contributed by atoms with Crippen LogP contribution in [0, 0.1) is 6.92 Å². The average Bonchev–Trinajstić information content (AvgIpc) is 2.65. The topological polar surface area (TPSA) is 82.8 Å². The van der Waals surface area contributed by atoms with Crippen LogP contribution in [0.3, 0.4) is 0 Å². The predicted octanol–water partition coefficient (Wildman–Crippen LogP) is 0.205. The molecule has 6 nitrogen and oxygen atoms in total. The van der Waals surface area contributed by atoms with Gasteiger partial charge in [-0.15, -0.1) is 0 Å². The van der Waals surface area contributed by atoms with Crippen LogP contribution in [0.15, 0.2) is 16.9 Å². The number of hydrogen-bond acceptors (Lipinski definition) is 5. The third kappa shape index (κ3) is 1.37. The highest BCUT2D eigenvalue weighted by Gasteiger charge is 2.07. The molecule has 2 aromatic heterocycles. The lowest BCUT2D eigenvalue weighted by atomic mass is 10.3. The number of anilines is 1. The molecule has 0 spiro atoms. The van der Waals surface area contributed by atoms with E-state index in [0.717, 1.165) is 11.4 Å². The molecular weight excluding hydrogens is 170 g/mol. The summed E-state index contributed by atoms with van der Waals surface area (Å²) in [5.41, 5.74) is 7.13. The first-order valence-electron chi connectivity index (χ1n) is 3.82. The summed E-state index contributed by atoms with van der Waals surface area (Å²) < 4.78 is 6.18. The van der Waals surface area contributed by atoms with E-state index in [1.165, 1.54) is 0 Å². The summed E-state index contributed by atoms with van der Waals surface area (Å²) in [6, 6.07) is 1.73. The van der Waals surface area contributed by atoms with E-state index >= 15 is 0 Å². The lowest BCUT2D eigenvalue weighted by molar-refractivity contribution is 0.300. The number of nitrogens with two attached hydrogens (primary N) is 1. The Bertz CT molecular complexity index is 366. The number of aromatic nitrogens is 4. The minimum absolute atomic E-state index is 0.494. The minimum atomic E-state index is 0.494. The highest BCUT2D eigenvalue weighted by molar-refractivity contribution is 5.27. The van der Waals surface area contributed by atoms with Gasteiger partial charge in [0.15, 0.2) is 0 Å². The number of nitrogen functional groups attached to an aromatic ring is 1. The third-order valence-corrected chi connectivity index (χ3v) is 1.80. The number of rotatable bonds is 2. The van der Waals surface area contributed by atoms with E-state index in [-0.39, 0.29) is 0 Å². The van der Waals surface area contributed by atoms with E-state index in [0.29, 0.717) is 12.4 Å². The van der Waals surface area contributed by atoms with E-state index < -0.39 is 0 Å². The van der Waals surface area contributed by atoms with E-state index in [4.69, 9.17) is 5.73 Å². The minimum Gasteiger partial charge on any atom is -0.384 e. The highest BCUT2D eigenvalue weighted by atomic mass is 16.6. The van der Waals surface area contributed by atoms with Crippen molar-refractivity contribution in [3.63, 3.8) is 0 Å². The summed E-state index contributed by atoms with van der Waals surface area (Å²) in [5, 5.41) is 11.4. The summed E-state index contributed by atoms with van der Waals surface area (Å²) in [6.45, 7) is 2.32. The predicted molar refractivity (Wildman–Crippen MR) is 44.8 cm³/mol. The molecule has 0 atom stereocenters. The molecule has 2 rings (SSSR count). The second-order valence-electron chi connectivity index (χ2n) is 2.71. The fraction of sp³-hybridized carbons (Fsp3) is 0.286. The van der Waals surface area contributed by atoms with Crippen LogP contribution in [0.1, 0.15) is 11.4 Å². The molecule has 2 aromatic rings. The normalized spacial score (nSPS) is 10.5. The Morgan fingerprint density at radius 1 is 1.54 bits per heavy atom. The van der Waals surface area contributed by atoms with Crippen LogP contribution in [0.2, 0.25) is 0 Å². The van der Waals surface area contributed by atoms with Crippen LogP contribution in [-0.2, 0) is 6.54 Å². The molecular formula is C7H9N5O. The van der Waals surface area contributed by atoms with E-state index in [1.807, 2.05) is 6.92 Å². The first-order valence-corrected chi connectivity index (χ1v) is 3.82. The lowest BCUT2D eigenvalue weighted by Crippen LogP contribution is -2.06. The first-order chi connectivity index (χ1) is 6.27. The Balaban J connectivity index is 2.24. The summed E-state index contributed by atoms with van der Waals surface area (Å²) in [5.74, 6) is 0.599. The summed E-state index contributed by atoms with van der Waals surface area (Å²) >= 11 is 0. The van der Waals surface area contributed by atoms with E-state index in [2.05, 4.69) is 20.0 Å². The van der Waals surface area contributed by atoms with Gasteiger partial charge in [-0.25, -0.2) is 9.31 Å². The number of nitrogens with zero attached hydrogens (tertiary/aromatic N) is 4. The summed E-state index contributed by atoms with van der Waals surface area (Å²) in [4.78, 5) is 0. The van der Waals surface area contributed by atoms with Gasteiger partial charge in [-0.2, -0.15) is 5.10 Å². The highest BCUT2D eigenvalue weighted by Crippen LogP contribution is 2.06. The van der Waals surface area contributed by atoms with Crippen molar-refractivity contribution in [2.24, 2.45) is 0 Å². The van der Waals surface area contributed by atoms with Crippen molar-refractivity contribution in [3.05, 3.63) is 23.7 Å². The number of aryl methyl sites for hydroxylation is 1. The van der Waals surface area contributed by atoms with Crippen molar-refractivity contribution < 1.29 is 4.63 Å². The third-order valence-electron chi connectivity index (χ3n) is 1.80. The Kier molecular flexibility index (Phi) is 1.73. The Labute approximate surface area is 74.3 Å². The Hall–Kier alpha value is -1.85. The fourth-order valence-electron chi connectivity index (χ4n) is 1.01. The molecule has 2 N–H and O–H groups in total. The molecule has 2 heterocycles. The Morgan fingerprint density at radius 2 is 2.38 bits per heavy atom. The quantitative estimate of drug-likeness (QED) is 0.712. The van der Waals surface area contributed by atoms with Gasteiger partial charge in [0.1, 0.15) is 17.2 Å². The summed E-state index contributed by atoms with van der Waals surface area (Å²) in [6.07, 6.45) is 1.64. The molecule has 0 fully saturated rings. The largest absolute Gasteiger partial charge is 0.384 e. The standard InChI is InChI=1S/C7H9N5O/c1-5-6(11-13-10-5)4-12-7(8)2-3-9-12/h2-3H,4,8H2,1H3. The molecule has 0 aliphatic carbocycles. The van der Waals surface area contributed by atoms with Crippen molar-refractivity contribution in [1.82, 2.24) is 20.1 Å². The molecule has 0 unspecified atom stereocenters. The van der Waals surface area contributed by atoms with Crippen LogP contribution in [0.25, 0.3) is 0 Å². The zero-order valence-corrected chi connectivity index (χ0v) is 7.14. The van der Waals surface area contributed by atoms with Gasteiger partial charge in [0.2, 0.25) is 0 Å². The van der Waals surface area contributed by atoms with Crippen molar-refractivity contribution >= 4 is 5.82 Å². The molecule has 6 heteroatoms. The van der Waals surface area contributed by atoms with Crippen LogP contribution in [0.4, 0.5) is 5.82 Å². The maximum atomic E-state index is 5.63. The zero-order chi connectivity index (χ0) is 9.26. The number of hydrogen-bond donors (Lipinski definition) is 1. The van der Waals surface area contributed by atoms with Gasteiger partial charge in [-0.3, -0.25) is 0 Å². The average molecular weight is 179 g/mol. The van der Waals surface area contributed by atoms with Crippen molar-refractivity contribution in [2.45, 2.75) is 13.5 Å². The van der Waals surface area contributed by atoms with Crippen molar-refractivity contribution in [2.75, 3.05) is 5.73 Å². The molecule has 13 heavy (non-hydrogen) atoms. The molecule has 0 radical (unpaired) electrons. The van der Waals surface area contributed by atoms with Gasteiger partial charge >= 0.3 is 0 Å². The Morgan fingerprint density at radius 3 is 2.92 bits per heavy atom. The van der Waals surface area contributed by atoms with Crippen LogP contribution in [0.5, 0.6) is 0 Å². The van der Waals surface area contributed by atoms with Gasteiger partial charge in [0.25, 0.3) is 0 Å².